The third-order valence-corrected chi connectivity index (χ3v) is 2.81. The zero-order valence-corrected chi connectivity index (χ0v) is 11.6. The smallest absolute Gasteiger partial charge is 0.252 e. The van der Waals surface area contributed by atoms with Crippen LogP contribution in [0.1, 0.15) is 23.2 Å². The predicted molar refractivity (Wildman–Crippen MR) is 75.2 cm³/mol. The molecule has 0 spiro atoms. The number of carbonyl (C=O) groups is 2. The Bertz CT molecular complexity index is 357. The van der Waals surface area contributed by atoms with Gasteiger partial charge in [-0.2, -0.15) is 11.3 Å². The number of hydrogen-bond donors (Lipinski definition) is 3. The molecule has 0 aliphatic carbocycles. The number of thiophene rings is 1. The molecule has 1 rings (SSSR count). The molecule has 0 saturated carbocycles. The molecule has 7 heteroatoms. The highest BCUT2D eigenvalue weighted by Gasteiger charge is 2.06. The molecule has 18 heavy (non-hydrogen) atoms. The molecule has 0 aromatic carbocycles. The fourth-order valence-corrected chi connectivity index (χ4v) is 1.84. The van der Waals surface area contributed by atoms with Gasteiger partial charge < -0.3 is 16.4 Å². The van der Waals surface area contributed by atoms with Crippen LogP contribution >= 0.6 is 23.7 Å². The van der Waals surface area contributed by atoms with Crippen LogP contribution in [0, 0.1) is 0 Å². The topological polar surface area (TPSA) is 84.2 Å². The van der Waals surface area contributed by atoms with Crippen molar-refractivity contribution in [3.63, 3.8) is 0 Å². The Morgan fingerprint density at radius 2 is 2.06 bits per heavy atom. The highest BCUT2D eigenvalue weighted by molar-refractivity contribution is 7.08. The van der Waals surface area contributed by atoms with Crippen molar-refractivity contribution < 1.29 is 9.59 Å². The molecular formula is C11H18ClN3O2S. The Morgan fingerprint density at radius 1 is 1.28 bits per heavy atom. The summed E-state index contributed by atoms with van der Waals surface area (Å²) in [5, 5.41) is 9.03. The summed E-state index contributed by atoms with van der Waals surface area (Å²) in [6.07, 6.45) is 1.06. The fraction of sp³-hybridized carbons (Fsp3) is 0.455. The van der Waals surface area contributed by atoms with Gasteiger partial charge in [0, 0.05) is 30.5 Å². The summed E-state index contributed by atoms with van der Waals surface area (Å²) >= 11 is 1.47. The summed E-state index contributed by atoms with van der Waals surface area (Å²) in [7, 11) is 0. The molecule has 0 fully saturated rings. The average molecular weight is 292 g/mol. The predicted octanol–water partition coefficient (Wildman–Crippen LogP) is 0.755. The number of amides is 2. The fourth-order valence-electron chi connectivity index (χ4n) is 1.20. The van der Waals surface area contributed by atoms with Crippen molar-refractivity contribution >= 4 is 35.6 Å². The molecule has 1 aromatic heterocycles. The maximum absolute atomic E-state index is 11.5. The van der Waals surface area contributed by atoms with Crippen LogP contribution in [0.25, 0.3) is 0 Å². The van der Waals surface area contributed by atoms with Gasteiger partial charge in [0.25, 0.3) is 5.91 Å². The molecule has 1 heterocycles. The van der Waals surface area contributed by atoms with E-state index in [0.29, 0.717) is 31.6 Å². The number of halogens is 1. The molecule has 5 nitrogen and oxygen atoms in total. The highest BCUT2D eigenvalue weighted by Crippen LogP contribution is 2.04. The van der Waals surface area contributed by atoms with E-state index < -0.39 is 0 Å². The summed E-state index contributed by atoms with van der Waals surface area (Å²) < 4.78 is 0. The van der Waals surface area contributed by atoms with E-state index in [4.69, 9.17) is 5.73 Å². The van der Waals surface area contributed by atoms with Crippen LogP contribution in [0.4, 0.5) is 0 Å². The van der Waals surface area contributed by atoms with Gasteiger partial charge >= 0.3 is 0 Å². The van der Waals surface area contributed by atoms with Gasteiger partial charge in [-0.15, -0.1) is 12.4 Å². The van der Waals surface area contributed by atoms with Crippen LogP contribution in [-0.4, -0.2) is 31.4 Å². The molecule has 1 aromatic rings. The van der Waals surface area contributed by atoms with Crippen LogP contribution in [0.5, 0.6) is 0 Å². The standard InChI is InChI=1S/C11H17N3O2S.ClH/c12-4-1-5-13-10(15)2-6-14-11(16)9-3-7-17-8-9;/h3,7-8H,1-2,4-6,12H2,(H,13,15)(H,14,16);1H. The summed E-state index contributed by atoms with van der Waals surface area (Å²) in [4.78, 5) is 22.8. The number of carbonyl (C=O) groups excluding carboxylic acids is 2. The zero-order valence-electron chi connectivity index (χ0n) is 9.98. The van der Waals surface area contributed by atoms with Gasteiger partial charge in [-0.25, -0.2) is 0 Å². The average Bonchev–Trinajstić information content (AvgIpc) is 2.82. The first-order valence-corrected chi connectivity index (χ1v) is 6.45. The number of nitrogens with one attached hydrogen (secondary N) is 2. The Morgan fingerprint density at radius 3 is 2.67 bits per heavy atom. The van der Waals surface area contributed by atoms with Gasteiger partial charge in [0.1, 0.15) is 0 Å². The molecule has 0 radical (unpaired) electrons. The van der Waals surface area contributed by atoms with E-state index in [1.54, 1.807) is 11.4 Å². The van der Waals surface area contributed by atoms with Crippen LogP contribution < -0.4 is 16.4 Å². The second-order valence-electron chi connectivity index (χ2n) is 3.51. The van der Waals surface area contributed by atoms with Crippen molar-refractivity contribution in [3.05, 3.63) is 22.4 Å². The maximum atomic E-state index is 11.5. The molecule has 102 valence electrons. The second kappa shape index (κ2) is 9.87. The molecule has 0 bridgehead atoms. The normalized spacial score (nSPS) is 9.39. The SMILES string of the molecule is Cl.NCCCNC(=O)CCNC(=O)c1ccsc1. The Hall–Kier alpha value is -1.11. The van der Waals surface area contributed by atoms with Gasteiger partial charge in [-0.3, -0.25) is 9.59 Å². The third-order valence-electron chi connectivity index (χ3n) is 2.12. The van der Waals surface area contributed by atoms with E-state index in [0.717, 1.165) is 6.42 Å². The van der Waals surface area contributed by atoms with Crippen LogP contribution in [0.2, 0.25) is 0 Å². The van der Waals surface area contributed by atoms with Crippen molar-refractivity contribution in [2.24, 2.45) is 5.73 Å². The monoisotopic (exact) mass is 291 g/mol. The summed E-state index contributed by atoms with van der Waals surface area (Å²) in [5.41, 5.74) is 5.94. The van der Waals surface area contributed by atoms with Gasteiger partial charge in [0.15, 0.2) is 0 Å². The first-order valence-electron chi connectivity index (χ1n) is 5.51. The quantitative estimate of drug-likeness (QED) is 0.648. The van der Waals surface area contributed by atoms with Gasteiger partial charge in [-0.05, 0) is 24.4 Å². The number of hydrogen-bond acceptors (Lipinski definition) is 4. The van der Waals surface area contributed by atoms with E-state index >= 15 is 0 Å². The van der Waals surface area contributed by atoms with Crippen molar-refractivity contribution in [1.29, 1.82) is 0 Å². The zero-order chi connectivity index (χ0) is 12.5. The van der Waals surface area contributed by atoms with Crippen molar-refractivity contribution in [2.75, 3.05) is 19.6 Å². The molecule has 2 amide bonds. The van der Waals surface area contributed by atoms with Crippen molar-refractivity contribution in [1.82, 2.24) is 10.6 Å². The van der Waals surface area contributed by atoms with Crippen LogP contribution in [0.3, 0.4) is 0 Å². The van der Waals surface area contributed by atoms with Crippen LogP contribution in [0.15, 0.2) is 16.8 Å². The Labute approximate surface area is 117 Å². The van der Waals surface area contributed by atoms with E-state index in [9.17, 15) is 9.59 Å². The number of rotatable bonds is 7. The lowest BCUT2D eigenvalue weighted by atomic mass is 10.3. The lowest BCUT2D eigenvalue weighted by Gasteiger charge is -2.05. The highest BCUT2D eigenvalue weighted by atomic mass is 35.5. The molecular weight excluding hydrogens is 274 g/mol. The van der Waals surface area contributed by atoms with Gasteiger partial charge in [-0.1, -0.05) is 0 Å². The first kappa shape index (κ1) is 16.9. The first-order chi connectivity index (χ1) is 8.24. The molecule has 0 saturated heterocycles. The molecule has 0 atom stereocenters. The lowest BCUT2D eigenvalue weighted by molar-refractivity contribution is -0.120. The van der Waals surface area contributed by atoms with Crippen molar-refractivity contribution in [2.45, 2.75) is 12.8 Å². The minimum Gasteiger partial charge on any atom is -0.356 e. The summed E-state index contributed by atoms with van der Waals surface area (Å²) in [5.74, 6) is -0.204. The molecule has 4 N–H and O–H groups in total. The largest absolute Gasteiger partial charge is 0.356 e. The van der Waals surface area contributed by atoms with Gasteiger partial charge in [0.2, 0.25) is 5.91 Å². The lowest BCUT2D eigenvalue weighted by Crippen LogP contribution is -2.31. The minimum absolute atomic E-state index is 0. The number of nitrogens with two attached hydrogens (primary N) is 1. The third kappa shape index (κ3) is 6.58. The van der Waals surface area contributed by atoms with E-state index in [1.165, 1.54) is 11.3 Å². The summed E-state index contributed by atoms with van der Waals surface area (Å²) in [6.45, 7) is 1.51. The van der Waals surface area contributed by atoms with Crippen LogP contribution in [-0.2, 0) is 4.79 Å². The van der Waals surface area contributed by atoms with E-state index in [-0.39, 0.29) is 24.2 Å². The Kier molecular flexibility index (Phi) is 9.26. The second-order valence-corrected chi connectivity index (χ2v) is 4.29. The Balaban J connectivity index is 0.00000289. The summed E-state index contributed by atoms with van der Waals surface area (Å²) in [6, 6.07) is 1.75. The van der Waals surface area contributed by atoms with Crippen molar-refractivity contribution in [3.8, 4) is 0 Å². The molecule has 0 aliphatic rings. The van der Waals surface area contributed by atoms with Gasteiger partial charge in [0.05, 0.1) is 0 Å². The molecule has 0 aliphatic heterocycles. The molecule has 0 unspecified atom stereocenters. The van der Waals surface area contributed by atoms with E-state index in [1.807, 2.05) is 5.38 Å². The maximum Gasteiger partial charge on any atom is 0.252 e. The minimum atomic E-state index is -0.138. The van der Waals surface area contributed by atoms with E-state index in [2.05, 4.69) is 10.6 Å².